The SMILES string of the molecule is CC(C)CCNC(=O)c1ccc(Cl)c(S(=O)(=O)N2CCOCC2)c1. The Bertz CT molecular complexity index is 685. The number of hydrogen-bond donors (Lipinski definition) is 1. The third-order valence-electron chi connectivity index (χ3n) is 3.79. The largest absolute Gasteiger partial charge is 0.379 e. The number of carbonyl (C=O) groups is 1. The maximum Gasteiger partial charge on any atom is 0.251 e. The molecule has 0 aliphatic carbocycles. The second kappa shape index (κ2) is 8.29. The molecule has 134 valence electrons. The fourth-order valence-electron chi connectivity index (χ4n) is 2.34. The fraction of sp³-hybridized carbons (Fsp3) is 0.562. The zero-order valence-corrected chi connectivity index (χ0v) is 15.5. The van der Waals surface area contributed by atoms with E-state index in [2.05, 4.69) is 19.2 Å². The van der Waals surface area contributed by atoms with Gasteiger partial charge in [-0.2, -0.15) is 4.31 Å². The summed E-state index contributed by atoms with van der Waals surface area (Å²) in [6.45, 7) is 5.96. The van der Waals surface area contributed by atoms with E-state index < -0.39 is 10.0 Å². The topological polar surface area (TPSA) is 75.7 Å². The Kier molecular flexibility index (Phi) is 6.62. The maximum atomic E-state index is 12.7. The first-order chi connectivity index (χ1) is 11.3. The molecule has 0 atom stereocenters. The van der Waals surface area contributed by atoms with E-state index in [-0.39, 0.29) is 34.5 Å². The highest BCUT2D eigenvalue weighted by molar-refractivity contribution is 7.89. The summed E-state index contributed by atoms with van der Waals surface area (Å²) in [7, 11) is -3.74. The van der Waals surface area contributed by atoms with Crippen LogP contribution in [0.15, 0.2) is 23.1 Å². The van der Waals surface area contributed by atoms with Crippen LogP contribution in [0.1, 0.15) is 30.6 Å². The van der Waals surface area contributed by atoms with Crippen molar-refractivity contribution in [3.8, 4) is 0 Å². The van der Waals surface area contributed by atoms with Gasteiger partial charge in [-0.25, -0.2) is 8.42 Å². The zero-order valence-electron chi connectivity index (χ0n) is 13.9. The molecule has 1 aliphatic heterocycles. The fourth-order valence-corrected chi connectivity index (χ4v) is 4.25. The van der Waals surface area contributed by atoms with Crippen LogP contribution < -0.4 is 5.32 Å². The van der Waals surface area contributed by atoms with Crippen LogP contribution >= 0.6 is 11.6 Å². The van der Waals surface area contributed by atoms with Crippen molar-refractivity contribution in [3.63, 3.8) is 0 Å². The number of amides is 1. The zero-order chi connectivity index (χ0) is 17.7. The van der Waals surface area contributed by atoms with Gasteiger partial charge in [-0.05, 0) is 30.5 Å². The standard InChI is InChI=1S/C16H23ClN2O4S/c1-12(2)5-6-18-16(20)13-3-4-14(17)15(11-13)24(21,22)19-7-9-23-10-8-19/h3-4,11-12H,5-10H2,1-2H3,(H,18,20). The lowest BCUT2D eigenvalue weighted by Crippen LogP contribution is -2.40. The van der Waals surface area contributed by atoms with E-state index in [1.54, 1.807) is 0 Å². The Hall–Kier alpha value is -1.15. The number of carbonyl (C=O) groups excluding carboxylic acids is 1. The maximum absolute atomic E-state index is 12.7. The van der Waals surface area contributed by atoms with Crippen molar-refractivity contribution >= 4 is 27.5 Å². The number of rotatable bonds is 6. The molecule has 1 fully saturated rings. The molecule has 1 N–H and O–H groups in total. The molecule has 0 saturated carbocycles. The third kappa shape index (κ3) is 4.69. The number of hydrogen-bond acceptors (Lipinski definition) is 4. The van der Waals surface area contributed by atoms with Crippen molar-refractivity contribution in [1.29, 1.82) is 0 Å². The van der Waals surface area contributed by atoms with Crippen molar-refractivity contribution in [2.24, 2.45) is 5.92 Å². The van der Waals surface area contributed by atoms with Crippen LogP contribution in [0.2, 0.25) is 5.02 Å². The molecule has 2 rings (SSSR count). The van der Waals surface area contributed by atoms with Gasteiger partial charge in [-0.1, -0.05) is 25.4 Å². The molecule has 6 nitrogen and oxygen atoms in total. The van der Waals surface area contributed by atoms with E-state index >= 15 is 0 Å². The smallest absolute Gasteiger partial charge is 0.251 e. The van der Waals surface area contributed by atoms with Crippen LogP contribution in [0, 0.1) is 5.92 Å². The van der Waals surface area contributed by atoms with Gasteiger partial charge in [-0.3, -0.25) is 4.79 Å². The van der Waals surface area contributed by atoms with Crippen LogP contribution in [-0.4, -0.2) is 51.5 Å². The highest BCUT2D eigenvalue weighted by Crippen LogP contribution is 2.26. The number of morpholine rings is 1. The van der Waals surface area contributed by atoms with Gasteiger partial charge in [0, 0.05) is 25.2 Å². The van der Waals surface area contributed by atoms with E-state index in [1.165, 1.54) is 22.5 Å². The lowest BCUT2D eigenvalue weighted by Gasteiger charge is -2.26. The molecule has 0 unspecified atom stereocenters. The van der Waals surface area contributed by atoms with E-state index in [0.717, 1.165) is 6.42 Å². The molecular weight excluding hydrogens is 352 g/mol. The van der Waals surface area contributed by atoms with E-state index in [0.29, 0.717) is 25.7 Å². The average molecular weight is 375 g/mol. The van der Waals surface area contributed by atoms with E-state index in [9.17, 15) is 13.2 Å². The summed E-state index contributed by atoms with van der Waals surface area (Å²) >= 11 is 6.08. The highest BCUT2D eigenvalue weighted by atomic mass is 35.5. The van der Waals surface area contributed by atoms with Crippen LogP contribution in [0.5, 0.6) is 0 Å². The molecule has 1 saturated heterocycles. The first-order valence-corrected chi connectivity index (χ1v) is 9.80. The first-order valence-electron chi connectivity index (χ1n) is 7.98. The summed E-state index contributed by atoms with van der Waals surface area (Å²) in [6, 6.07) is 4.33. The number of nitrogens with zero attached hydrogens (tertiary/aromatic N) is 1. The van der Waals surface area contributed by atoms with Crippen molar-refractivity contribution < 1.29 is 17.9 Å². The van der Waals surface area contributed by atoms with E-state index in [1.807, 2.05) is 0 Å². The molecule has 0 aromatic heterocycles. The Labute approximate surface area is 148 Å². The van der Waals surface area contributed by atoms with Crippen LogP contribution in [0.25, 0.3) is 0 Å². The van der Waals surface area contributed by atoms with Crippen LogP contribution in [0.3, 0.4) is 0 Å². The Balaban J connectivity index is 2.20. The third-order valence-corrected chi connectivity index (χ3v) is 6.17. The number of sulfonamides is 1. The molecule has 24 heavy (non-hydrogen) atoms. The number of ether oxygens (including phenoxy) is 1. The van der Waals surface area contributed by atoms with Gasteiger partial charge < -0.3 is 10.1 Å². The Morgan fingerprint density at radius 1 is 1.33 bits per heavy atom. The van der Waals surface area contributed by atoms with Gasteiger partial charge in [0.25, 0.3) is 5.91 Å². The average Bonchev–Trinajstić information content (AvgIpc) is 2.55. The molecule has 1 heterocycles. The highest BCUT2D eigenvalue weighted by Gasteiger charge is 2.29. The summed E-state index contributed by atoms with van der Waals surface area (Å²) in [5.41, 5.74) is 0.287. The van der Waals surface area contributed by atoms with Gasteiger partial charge in [0.05, 0.1) is 18.2 Å². The van der Waals surface area contributed by atoms with E-state index in [4.69, 9.17) is 16.3 Å². The van der Waals surface area contributed by atoms with Gasteiger partial charge in [-0.15, -0.1) is 0 Å². The molecular formula is C16H23ClN2O4S. The minimum absolute atomic E-state index is 0.0393. The van der Waals surface area contributed by atoms with Crippen LogP contribution in [-0.2, 0) is 14.8 Å². The minimum atomic E-state index is -3.74. The van der Waals surface area contributed by atoms with Crippen molar-refractivity contribution in [3.05, 3.63) is 28.8 Å². The molecule has 1 amide bonds. The van der Waals surface area contributed by atoms with Crippen molar-refractivity contribution in [2.45, 2.75) is 25.2 Å². The monoisotopic (exact) mass is 374 g/mol. The normalized spacial score (nSPS) is 16.3. The van der Waals surface area contributed by atoms with Gasteiger partial charge in [0.1, 0.15) is 4.90 Å². The predicted octanol–water partition coefficient (Wildman–Crippen LogP) is 2.14. The summed E-state index contributed by atoms with van der Waals surface area (Å²) in [6.07, 6.45) is 0.859. The predicted molar refractivity (Wildman–Crippen MR) is 92.8 cm³/mol. The first kappa shape index (κ1) is 19.2. The molecule has 8 heteroatoms. The number of halogens is 1. The Morgan fingerprint density at radius 2 is 2.00 bits per heavy atom. The summed E-state index contributed by atoms with van der Waals surface area (Å²) < 4.78 is 32.0. The van der Waals surface area contributed by atoms with Gasteiger partial charge in [0.2, 0.25) is 10.0 Å². The molecule has 1 aromatic carbocycles. The second-order valence-corrected chi connectivity index (χ2v) is 8.41. The lowest BCUT2D eigenvalue weighted by atomic mass is 10.1. The molecule has 0 radical (unpaired) electrons. The van der Waals surface area contributed by atoms with Crippen LogP contribution in [0.4, 0.5) is 0 Å². The summed E-state index contributed by atoms with van der Waals surface area (Å²) in [4.78, 5) is 12.2. The van der Waals surface area contributed by atoms with Crippen molar-refractivity contribution in [1.82, 2.24) is 9.62 Å². The molecule has 1 aliphatic rings. The Morgan fingerprint density at radius 3 is 2.62 bits per heavy atom. The quantitative estimate of drug-likeness (QED) is 0.827. The van der Waals surface area contributed by atoms with Gasteiger partial charge in [0.15, 0.2) is 0 Å². The number of nitrogens with one attached hydrogen (secondary N) is 1. The molecule has 0 bridgehead atoms. The molecule has 1 aromatic rings. The molecule has 0 spiro atoms. The summed E-state index contributed by atoms with van der Waals surface area (Å²) in [5, 5.41) is 2.91. The number of benzene rings is 1. The summed E-state index contributed by atoms with van der Waals surface area (Å²) in [5.74, 6) is 0.179. The second-order valence-electron chi connectivity index (χ2n) is 6.10. The lowest BCUT2D eigenvalue weighted by molar-refractivity contribution is 0.0730. The van der Waals surface area contributed by atoms with Gasteiger partial charge >= 0.3 is 0 Å². The van der Waals surface area contributed by atoms with Crippen molar-refractivity contribution in [2.75, 3.05) is 32.8 Å². The minimum Gasteiger partial charge on any atom is -0.379 e.